The van der Waals surface area contributed by atoms with Crippen LogP contribution in [0.4, 0.5) is 5.69 Å². The molecule has 4 nitrogen and oxygen atoms in total. The minimum absolute atomic E-state index is 0.168. The number of anilines is 1. The molecule has 0 aromatic heterocycles. The average Bonchev–Trinajstić information content (AvgIpc) is 2.56. The van der Waals surface area contributed by atoms with Gasteiger partial charge >= 0.3 is 0 Å². The van der Waals surface area contributed by atoms with Gasteiger partial charge in [-0.25, -0.2) is 8.42 Å². The van der Waals surface area contributed by atoms with E-state index in [1.165, 1.54) is 52.1 Å². The van der Waals surface area contributed by atoms with E-state index >= 15 is 0 Å². The molecule has 0 heterocycles. The zero-order chi connectivity index (χ0) is 17.7. The molecule has 0 unspecified atom stereocenters. The number of methoxy groups -OCH3 is 1. The molecule has 1 aromatic rings. The summed E-state index contributed by atoms with van der Waals surface area (Å²) in [6, 6.07) is 7.08. The van der Waals surface area contributed by atoms with E-state index < -0.39 is 10.0 Å². The predicted octanol–water partition coefficient (Wildman–Crippen LogP) is 5.36. The summed E-state index contributed by atoms with van der Waals surface area (Å²) in [6.45, 7) is 2.23. The number of hydrogen-bond donors (Lipinski definition) is 1. The van der Waals surface area contributed by atoms with Crippen LogP contribution in [0.15, 0.2) is 24.3 Å². The summed E-state index contributed by atoms with van der Waals surface area (Å²) in [5.41, 5.74) is 0.507. The van der Waals surface area contributed by atoms with Crippen molar-refractivity contribution in [2.75, 3.05) is 17.6 Å². The third kappa shape index (κ3) is 9.16. The topological polar surface area (TPSA) is 55.4 Å². The number of ether oxygens (including phenoxy) is 1. The van der Waals surface area contributed by atoms with E-state index in [0.717, 1.165) is 12.8 Å². The number of benzene rings is 1. The summed E-state index contributed by atoms with van der Waals surface area (Å²) in [5, 5.41) is 0. The van der Waals surface area contributed by atoms with Gasteiger partial charge < -0.3 is 4.74 Å². The number of nitrogens with one attached hydrogen (secondary N) is 1. The molecule has 0 fully saturated rings. The lowest BCUT2D eigenvalue weighted by atomic mass is 10.1. The first-order chi connectivity index (χ1) is 11.6. The second-order valence-corrected chi connectivity index (χ2v) is 8.15. The predicted molar refractivity (Wildman–Crippen MR) is 102 cm³/mol. The molecule has 1 N–H and O–H groups in total. The van der Waals surface area contributed by atoms with Gasteiger partial charge in [0, 0.05) is 0 Å². The van der Waals surface area contributed by atoms with Gasteiger partial charge in [0.2, 0.25) is 10.0 Å². The van der Waals surface area contributed by atoms with E-state index in [9.17, 15) is 8.42 Å². The van der Waals surface area contributed by atoms with Gasteiger partial charge in [0.25, 0.3) is 0 Å². The van der Waals surface area contributed by atoms with Crippen molar-refractivity contribution in [3.05, 3.63) is 24.3 Å². The van der Waals surface area contributed by atoms with Gasteiger partial charge in [0.15, 0.2) is 0 Å². The Labute approximate surface area is 148 Å². The monoisotopic (exact) mass is 355 g/mol. The molecule has 24 heavy (non-hydrogen) atoms. The standard InChI is InChI=1S/C19H33NO3S/c1-3-4-5-6-7-8-9-10-11-14-17-24(21,22)20-18-15-12-13-16-19(18)23-2/h12-13,15-16,20H,3-11,14,17H2,1-2H3. The largest absolute Gasteiger partial charge is 0.495 e. The Balaban J connectivity index is 2.15. The van der Waals surface area contributed by atoms with Gasteiger partial charge in [0.05, 0.1) is 18.6 Å². The molecule has 1 rings (SSSR count). The van der Waals surface area contributed by atoms with E-state index in [1.54, 1.807) is 18.2 Å². The number of unbranched alkanes of at least 4 members (excludes halogenated alkanes) is 9. The Bertz CT molecular complexity index is 543. The highest BCUT2D eigenvalue weighted by Gasteiger charge is 2.12. The van der Waals surface area contributed by atoms with Crippen molar-refractivity contribution < 1.29 is 13.2 Å². The van der Waals surface area contributed by atoms with E-state index in [2.05, 4.69) is 11.6 Å². The first kappa shape index (κ1) is 20.8. The van der Waals surface area contributed by atoms with Gasteiger partial charge in [-0.2, -0.15) is 0 Å². The lowest BCUT2D eigenvalue weighted by molar-refractivity contribution is 0.417. The summed E-state index contributed by atoms with van der Waals surface area (Å²) < 4.78 is 32.1. The van der Waals surface area contributed by atoms with Crippen LogP contribution < -0.4 is 9.46 Å². The van der Waals surface area contributed by atoms with Crippen molar-refractivity contribution in [1.29, 1.82) is 0 Å². The average molecular weight is 356 g/mol. The third-order valence-electron chi connectivity index (χ3n) is 4.14. The lowest BCUT2D eigenvalue weighted by Crippen LogP contribution is -2.17. The van der Waals surface area contributed by atoms with Gasteiger partial charge in [-0.3, -0.25) is 4.72 Å². The summed E-state index contributed by atoms with van der Waals surface area (Å²) >= 11 is 0. The van der Waals surface area contributed by atoms with Crippen LogP contribution in [0.2, 0.25) is 0 Å². The maximum Gasteiger partial charge on any atom is 0.232 e. The second-order valence-electron chi connectivity index (χ2n) is 6.30. The highest BCUT2D eigenvalue weighted by atomic mass is 32.2. The molecule has 0 radical (unpaired) electrons. The number of hydrogen-bond acceptors (Lipinski definition) is 3. The van der Waals surface area contributed by atoms with E-state index in [1.807, 2.05) is 6.07 Å². The van der Waals surface area contributed by atoms with Crippen LogP contribution >= 0.6 is 0 Å². The molecule has 0 saturated carbocycles. The fourth-order valence-electron chi connectivity index (χ4n) is 2.73. The Morgan fingerprint density at radius 1 is 0.875 bits per heavy atom. The number of sulfonamides is 1. The molecule has 0 amide bonds. The minimum Gasteiger partial charge on any atom is -0.495 e. The lowest BCUT2D eigenvalue weighted by Gasteiger charge is -2.11. The molecule has 0 atom stereocenters. The van der Waals surface area contributed by atoms with Gasteiger partial charge in [-0.05, 0) is 18.6 Å². The van der Waals surface area contributed by atoms with Crippen molar-refractivity contribution in [2.24, 2.45) is 0 Å². The molecular formula is C19H33NO3S. The zero-order valence-electron chi connectivity index (χ0n) is 15.2. The van der Waals surface area contributed by atoms with Crippen molar-refractivity contribution in [3.63, 3.8) is 0 Å². The molecule has 0 saturated heterocycles. The van der Waals surface area contributed by atoms with Crippen molar-refractivity contribution in [1.82, 2.24) is 0 Å². The summed E-state index contributed by atoms with van der Waals surface area (Å²) in [4.78, 5) is 0. The SMILES string of the molecule is CCCCCCCCCCCCS(=O)(=O)Nc1ccccc1OC. The highest BCUT2D eigenvalue weighted by Crippen LogP contribution is 2.24. The summed E-state index contributed by atoms with van der Waals surface area (Å²) in [6.07, 6.45) is 11.9. The normalized spacial score (nSPS) is 11.4. The fraction of sp³-hybridized carbons (Fsp3) is 0.684. The van der Waals surface area contributed by atoms with Crippen LogP contribution in [0.3, 0.4) is 0 Å². The Hall–Kier alpha value is -1.23. The molecule has 138 valence electrons. The number of rotatable bonds is 14. The molecular weight excluding hydrogens is 322 g/mol. The zero-order valence-corrected chi connectivity index (χ0v) is 16.0. The van der Waals surface area contributed by atoms with E-state index in [0.29, 0.717) is 17.9 Å². The number of para-hydroxylation sites is 2. The van der Waals surface area contributed by atoms with Crippen LogP contribution in [-0.2, 0) is 10.0 Å². The van der Waals surface area contributed by atoms with Crippen LogP contribution in [0.25, 0.3) is 0 Å². The Morgan fingerprint density at radius 2 is 1.42 bits per heavy atom. The Morgan fingerprint density at radius 3 is 2.00 bits per heavy atom. The maximum atomic E-state index is 12.1. The third-order valence-corrected chi connectivity index (χ3v) is 5.50. The van der Waals surface area contributed by atoms with Crippen LogP contribution in [0, 0.1) is 0 Å². The quantitative estimate of drug-likeness (QED) is 0.457. The van der Waals surface area contributed by atoms with Crippen molar-refractivity contribution in [2.45, 2.75) is 71.1 Å². The van der Waals surface area contributed by atoms with Gasteiger partial charge in [-0.15, -0.1) is 0 Å². The van der Waals surface area contributed by atoms with Gasteiger partial charge in [-0.1, -0.05) is 76.8 Å². The van der Waals surface area contributed by atoms with Crippen LogP contribution in [0.5, 0.6) is 5.75 Å². The van der Waals surface area contributed by atoms with Crippen molar-refractivity contribution in [3.8, 4) is 5.75 Å². The molecule has 0 spiro atoms. The molecule has 5 heteroatoms. The molecule has 0 bridgehead atoms. The van der Waals surface area contributed by atoms with Crippen LogP contribution in [-0.4, -0.2) is 21.3 Å². The van der Waals surface area contributed by atoms with E-state index in [4.69, 9.17) is 4.74 Å². The molecule has 0 aliphatic heterocycles. The molecule has 0 aliphatic rings. The fourth-order valence-corrected chi connectivity index (χ4v) is 3.92. The van der Waals surface area contributed by atoms with Crippen LogP contribution in [0.1, 0.15) is 71.1 Å². The smallest absolute Gasteiger partial charge is 0.232 e. The second kappa shape index (κ2) is 12.2. The maximum absolute atomic E-state index is 12.1. The highest BCUT2D eigenvalue weighted by molar-refractivity contribution is 7.92. The van der Waals surface area contributed by atoms with Crippen molar-refractivity contribution >= 4 is 15.7 Å². The first-order valence-corrected chi connectivity index (χ1v) is 10.9. The van der Waals surface area contributed by atoms with Gasteiger partial charge in [0.1, 0.15) is 5.75 Å². The summed E-state index contributed by atoms with van der Waals surface area (Å²) in [5.74, 6) is 0.714. The Kier molecular flexibility index (Phi) is 10.6. The van der Waals surface area contributed by atoms with E-state index in [-0.39, 0.29) is 5.75 Å². The summed E-state index contributed by atoms with van der Waals surface area (Å²) in [7, 11) is -1.77. The first-order valence-electron chi connectivity index (χ1n) is 9.22. The minimum atomic E-state index is -3.30. The molecule has 1 aromatic carbocycles. The molecule has 0 aliphatic carbocycles.